The molecule has 5 heterocycles. The third kappa shape index (κ3) is 3.72. The quantitative estimate of drug-likeness (QED) is 0.300. The Morgan fingerprint density at radius 1 is 0.951 bits per heavy atom. The molecule has 4 fully saturated rings. The predicted molar refractivity (Wildman–Crippen MR) is 150 cm³/mol. The summed E-state index contributed by atoms with van der Waals surface area (Å²) in [6.07, 6.45) is -0.859. The first-order valence-corrected chi connectivity index (χ1v) is 14.7. The highest BCUT2D eigenvalue weighted by atomic mass is 16.4. The van der Waals surface area contributed by atoms with Gasteiger partial charge < -0.3 is 29.2 Å². The van der Waals surface area contributed by atoms with Gasteiger partial charge >= 0.3 is 5.97 Å². The van der Waals surface area contributed by atoms with Crippen molar-refractivity contribution in [1.29, 1.82) is 0 Å². The summed E-state index contributed by atoms with van der Waals surface area (Å²) < 4.78 is 2.06. The number of aliphatic hydroxyl groups excluding tert-OH is 2. The third-order valence-corrected chi connectivity index (χ3v) is 10.8. The van der Waals surface area contributed by atoms with E-state index in [1.165, 1.54) is 4.90 Å². The number of amides is 1. The van der Waals surface area contributed by atoms with Gasteiger partial charge in [0.2, 0.25) is 5.91 Å². The summed E-state index contributed by atoms with van der Waals surface area (Å²) in [5.41, 5.74) is 5.34. The van der Waals surface area contributed by atoms with Crippen molar-refractivity contribution in [3.63, 3.8) is 0 Å². The molecule has 8 rings (SSSR count). The van der Waals surface area contributed by atoms with Crippen LogP contribution >= 0.6 is 0 Å². The van der Waals surface area contributed by atoms with Gasteiger partial charge in [0.15, 0.2) is 5.78 Å². The Labute approximate surface area is 239 Å². The molecule has 0 radical (unpaired) electrons. The van der Waals surface area contributed by atoms with Crippen molar-refractivity contribution in [3.8, 4) is 11.1 Å². The van der Waals surface area contributed by atoms with Gasteiger partial charge in [-0.05, 0) is 47.4 Å². The van der Waals surface area contributed by atoms with Crippen molar-refractivity contribution >= 4 is 23.2 Å². The topological polar surface area (TPSA) is 115 Å². The van der Waals surface area contributed by atoms with Crippen molar-refractivity contribution in [3.05, 3.63) is 64.3 Å². The van der Waals surface area contributed by atoms with Gasteiger partial charge in [-0.2, -0.15) is 0 Å². The van der Waals surface area contributed by atoms with E-state index in [1.54, 1.807) is 19.1 Å². The summed E-state index contributed by atoms with van der Waals surface area (Å²) in [6.45, 7) is 12.0. The highest BCUT2D eigenvalue weighted by Crippen LogP contribution is 2.51. The van der Waals surface area contributed by atoms with Crippen LogP contribution in [-0.4, -0.2) is 111 Å². The number of carboxylic acids is 1. The van der Waals surface area contributed by atoms with E-state index in [9.17, 15) is 29.7 Å². The Bertz CT molecular complexity index is 1520. The fourth-order valence-electron chi connectivity index (χ4n) is 8.46. The largest absolute Gasteiger partial charge is 0.477 e. The van der Waals surface area contributed by atoms with Crippen molar-refractivity contribution < 1.29 is 38.7 Å². The second-order valence-electron chi connectivity index (χ2n) is 12.9. The summed E-state index contributed by atoms with van der Waals surface area (Å²) in [5.74, 6) is -2.43. The normalized spacial score (nSPS) is 32.1. The molecule has 9 nitrogen and oxygen atoms in total. The number of aliphatic hydroxyl groups is 2. The molecule has 4 saturated heterocycles. The second-order valence-corrected chi connectivity index (χ2v) is 12.9. The Balaban J connectivity index is 1.20. The number of piperazine rings is 3. The van der Waals surface area contributed by atoms with Gasteiger partial charge in [0.1, 0.15) is 58.1 Å². The average molecular weight is 560 g/mol. The van der Waals surface area contributed by atoms with Gasteiger partial charge in [0.25, 0.3) is 0 Å². The number of rotatable bonds is 7. The lowest BCUT2D eigenvalue weighted by Gasteiger charge is -2.55. The lowest BCUT2D eigenvalue weighted by Crippen LogP contribution is -2.74. The number of benzene rings is 2. The molecule has 2 aromatic rings. The summed E-state index contributed by atoms with van der Waals surface area (Å²) in [5, 5.41) is 29.8. The molecule has 0 aromatic heterocycles. The fraction of sp³-hybridized carbons (Fsp3) is 0.469. The van der Waals surface area contributed by atoms with E-state index < -0.39 is 24.0 Å². The maximum atomic E-state index is 13.5. The molecule has 1 amide bonds. The maximum absolute atomic E-state index is 13.5. The Kier molecular flexibility index (Phi) is 5.86. The number of aliphatic carboxylic acids is 1. The van der Waals surface area contributed by atoms with Crippen LogP contribution in [-0.2, 0) is 16.1 Å². The van der Waals surface area contributed by atoms with Crippen molar-refractivity contribution in [2.24, 2.45) is 11.8 Å². The van der Waals surface area contributed by atoms with Crippen molar-refractivity contribution in [2.45, 2.75) is 32.5 Å². The molecule has 0 saturated carbocycles. The molecule has 2 aromatic carbocycles. The number of carbonyl (C=O) groups excluding carboxylic acids is 2. The van der Waals surface area contributed by atoms with Crippen LogP contribution in [0, 0.1) is 11.8 Å². The van der Waals surface area contributed by atoms with Crippen LogP contribution in [0.2, 0.25) is 0 Å². The average Bonchev–Trinajstić information content (AvgIpc) is 3.37. The number of hydrogen-bond acceptors (Lipinski definition) is 5. The number of hydrogen-bond donors (Lipinski definition) is 3. The number of carbonyl (C=O) groups is 3. The number of carboxylic acid groups (broad SMARTS) is 1. The van der Waals surface area contributed by atoms with Gasteiger partial charge in [-0.25, -0.2) is 4.79 Å². The van der Waals surface area contributed by atoms with Crippen LogP contribution in [0.4, 0.5) is 0 Å². The SMILES string of the molecule is C[C@@H](O)[C@H]1C(=O)N2C(C(=O)O)=C(c3ccc4c(c3)-c3ccc(C[N+]56CC[N+](CCO)(CC5)CC6)cc3C4=O)[C@H](C)[C@H]12. The van der Waals surface area contributed by atoms with Crippen LogP contribution in [0.1, 0.15) is 40.9 Å². The molecular formula is C32H37N3O6+2. The lowest BCUT2D eigenvalue weighted by molar-refractivity contribution is -1.09. The lowest BCUT2D eigenvalue weighted by atomic mass is 9.76. The molecule has 0 unspecified atom stereocenters. The first-order valence-electron chi connectivity index (χ1n) is 14.7. The van der Waals surface area contributed by atoms with E-state index in [4.69, 9.17) is 0 Å². The minimum Gasteiger partial charge on any atom is -0.477 e. The number of quaternary nitrogens is 2. The van der Waals surface area contributed by atoms with E-state index in [0.29, 0.717) is 22.3 Å². The number of β-lactam (4-membered cyclic amide) rings is 1. The summed E-state index contributed by atoms with van der Waals surface area (Å²) in [4.78, 5) is 40.0. The van der Waals surface area contributed by atoms with Gasteiger partial charge in [-0.3, -0.25) is 9.59 Å². The van der Waals surface area contributed by atoms with E-state index in [-0.39, 0.29) is 29.9 Å². The van der Waals surface area contributed by atoms with E-state index in [0.717, 1.165) is 78.0 Å². The van der Waals surface area contributed by atoms with Gasteiger partial charge in [0, 0.05) is 22.6 Å². The molecule has 2 bridgehead atoms. The minimum atomic E-state index is -1.16. The van der Waals surface area contributed by atoms with Crippen LogP contribution in [0.3, 0.4) is 0 Å². The van der Waals surface area contributed by atoms with E-state index in [2.05, 4.69) is 6.07 Å². The monoisotopic (exact) mass is 559 g/mol. The first kappa shape index (κ1) is 26.5. The minimum absolute atomic E-state index is 0.0145. The summed E-state index contributed by atoms with van der Waals surface area (Å²) >= 11 is 0. The van der Waals surface area contributed by atoms with Gasteiger partial charge in [-0.1, -0.05) is 25.1 Å². The third-order valence-electron chi connectivity index (χ3n) is 10.8. The predicted octanol–water partition coefficient (Wildman–Crippen LogP) is 1.70. The molecule has 214 valence electrons. The number of fused-ring (bicyclic) bond motifs is 7. The number of ketones is 1. The summed E-state index contributed by atoms with van der Waals surface area (Å²) in [6, 6.07) is 11.3. The zero-order valence-electron chi connectivity index (χ0n) is 23.5. The molecule has 0 spiro atoms. The molecule has 3 N–H and O–H groups in total. The van der Waals surface area contributed by atoms with E-state index >= 15 is 0 Å². The molecule has 1 aliphatic carbocycles. The summed E-state index contributed by atoms with van der Waals surface area (Å²) in [7, 11) is 0. The molecule has 4 atom stereocenters. The first-order chi connectivity index (χ1) is 19.6. The van der Waals surface area contributed by atoms with Crippen LogP contribution in [0.25, 0.3) is 16.7 Å². The van der Waals surface area contributed by atoms with Crippen molar-refractivity contribution in [2.75, 3.05) is 52.4 Å². The molecule has 9 heteroatoms. The van der Waals surface area contributed by atoms with Gasteiger partial charge in [-0.15, -0.1) is 0 Å². The fourth-order valence-corrected chi connectivity index (χ4v) is 8.46. The Morgan fingerprint density at radius 2 is 1.61 bits per heavy atom. The zero-order chi connectivity index (χ0) is 28.8. The highest BCUT2D eigenvalue weighted by molar-refractivity contribution is 6.22. The Hall–Kier alpha value is -3.37. The maximum Gasteiger partial charge on any atom is 0.352 e. The molecule has 41 heavy (non-hydrogen) atoms. The second kappa shape index (κ2) is 9.06. The van der Waals surface area contributed by atoms with Crippen LogP contribution < -0.4 is 0 Å². The van der Waals surface area contributed by atoms with Crippen LogP contribution in [0.15, 0.2) is 42.1 Å². The Morgan fingerprint density at radius 3 is 2.24 bits per heavy atom. The molecule has 5 aliphatic heterocycles. The van der Waals surface area contributed by atoms with E-state index in [1.807, 2.05) is 25.1 Å². The molecular weight excluding hydrogens is 522 g/mol. The standard InChI is InChI=1S/C32H36N3O6/c1-18-26(29(32(40)41)33-28(18)27(19(2)37)31(33)39)21-4-6-23-24(16-21)22-5-3-20(15-25(22)30(23)38)17-35-10-7-34(8-11-35,9-12-35)13-14-36/h3-6,15-16,18-19,27-28,36-37H,7-14,17H2,1-2H3/q+1/p+1/t18-,19+,27+,28+,34?,35?/m0/s1. The van der Waals surface area contributed by atoms with Gasteiger partial charge in [0.05, 0.1) is 24.7 Å². The van der Waals surface area contributed by atoms with Crippen LogP contribution in [0.5, 0.6) is 0 Å². The van der Waals surface area contributed by atoms with Crippen molar-refractivity contribution in [1.82, 2.24) is 4.90 Å². The zero-order valence-corrected chi connectivity index (χ0v) is 23.5. The number of nitrogens with zero attached hydrogens (tertiary/aromatic N) is 3. The molecule has 6 aliphatic rings. The highest BCUT2D eigenvalue weighted by Gasteiger charge is 2.60. The smallest absolute Gasteiger partial charge is 0.352 e.